The molecule has 0 aromatic heterocycles. The van der Waals surface area contributed by atoms with E-state index in [1.165, 1.54) is 18.3 Å². The first-order valence-electron chi connectivity index (χ1n) is 8.15. The first-order valence-corrected chi connectivity index (χ1v) is 9.22. The molecule has 0 aliphatic carbocycles. The van der Waals surface area contributed by atoms with Crippen molar-refractivity contribution in [1.29, 1.82) is 0 Å². The lowest BCUT2D eigenvalue weighted by Gasteiger charge is -2.22. The maximum absolute atomic E-state index is 11.1. The average molecular weight is 426 g/mol. The second-order valence-electron chi connectivity index (χ2n) is 5.54. The minimum Gasteiger partial charge on any atom is -0.369 e. The van der Waals surface area contributed by atoms with Crippen LogP contribution in [0.15, 0.2) is 47.6 Å². The number of anilines is 2. The number of hydrazone groups is 1. The van der Waals surface area contributed by atoms with Crippen molar-refractivity contribution in [3.05, 3.63) is 68.3 Å². The van der Waals surface area contributed by atoms with Crippen molar-refractivity contribution in [2.24, 2.45) is 5.10 Å². The van der Waals surface area contributed by atoms with Gasteiger partial charge in [0.1, 0.15) is 5.69 Å². The Kier molecular flexibility index (Phi) is 7.97. The Morgan fingerprint density at radius 2 is 1.64 bits per heavy atom. The molecule has 0 radical (unpaired) electrons. The van der Waals surface area contributed by atoms with Crippen molar-refractivity contribution in [1.82, 2.24) is 0 Å². The summed E-state index contributed by atoms with van der Waals surface area (Å²) in [7, 11) is 0. The van der Waals surface area contributed by atoms with Gasteiger partial charge in [-0.1, -0.05) is 12.1 Å². The minimum absolute atomic E-state index is 0.0545. The van der Waals surface area contributed by atoms with E-state index in [4.69, 9.17) is 23.2 Å². The maximum atomic E-state index is 11.1. The zero-order valence-electron chi connectivity index (χ0n) is 14.6. The van der Waals surface area contributed by atoms with Crippen LogP contribution in [-0.2, 0) is 0 Å². The number of non-ortho nitro benzene ring substituents is 1. The standard InChI is InChI=1S/C17H17Cl2N5O4/c18-7-9-22(10-8-19)14-3-1-13(2-4-14)12-20-21-16-6-5-15(23(25)26)11-17(16)24(27)28/h1-6,11-12,21H,7-10H2/b20-12+. The predicted octanol–water partition coefficient (Wildman–Crippen LogP) is 4.23. The summed E-state index contributed by atoms with van der Waals surface area (Å²) in [5.41, 5.74) is 3.54. The van der Waals surface area contributed by atoms with Crippen LogP contribution in [0.2, 0.25) is 0 Å². The topological polar surface area (TPSA) is 114 Å². The van der Waals surface area contributed by atoms with E-state index in [1.807, 2.05) is 24.3 Å². The molecule has 2 aromatic carbocycles. The van der Waals surface area contributed by atoms with Gasteiger partial charge in [0.15, 0.2) is 0 Å². The summed E-state index contributed by atoms with van der Waals surface area (Å²) in [5.74, 6) is 0.968. The van der Waals surface area contributed by atoms with Crippen LogP contribution in [-0.4, -0.2) is 40.9 Å². The van der Waals surface area contributed by atoms with E-state index in [-0.39, 0.29) is 11.4 Å². The molecule has 9 nitrogen and oxygen atoms in total. The smallest absolute Gasteiger partial charge is 0.301 e. The molecule has 0 bridgehead atoms. The molecule has 11 heteroatoms. The van der Waals surface area contributed by atoms with E-state index in [0.717, 1.165) is 17.3 Å². The summed E-state index contributed by atoms with van der Waals surface area (Å²) in [6.45, 7) is 1.35. The van der Waals surface area contributed by atoms with Crippen LogP contribution in [0.4, 0.5) is 22.7 Å². The fourth-order valence-corrected chi connectivity index (χ4v) is 2.81. The van der Waals surface area contributed by atoms with Crippen molar-refractivity contribution >= 4 is 52.2 Å². The Morgan fingerprint density at radius 1 is 1.00 bits per heavy atom. The average Bonchev–Trinajstić information content (AvgIpc) is 2.68. The van der Waals surface area contributed by atoms with E-state index in [1.54, 1.807) is 0 Å². The molecule has 0 spiro atoms. The normalized spacial score (nSPS) is 10.8. The molecular formula is C17H17Cl2N5O4. The van der Waals surface area contributed by atoms with Crippen LogP contribution in [0.1, 0.15) is 5.56 Å². The number of nitro benzene ring substituents is 2. The first-order chi connectivity index (χ1) is 13.5. The summed E-state index contributed by atoms with van der Waals surface area (Å²) in [6.07, 6.45) is 1.49. The number of rotatable bonds is 10. The third-order valence-corrected chi connectivity index (χ3v) is 4.09. The van der Waals surface area contributed by atoms with Crippen molar-refractivity contribution in [2.45, 2.75) is 0 Å². The van der Waals surface area contributed by atoms with Crippen LogP contribution < -0.4 is 10.3 Å². The molecule has 0 atom stereocenters. The van der Waals surface area contributed by atoms with E-state index in [2.05, 4.69) is 15.4 Å². The predicted molar refractivity (Wildman–Crippen MR) is 111 cm³/mol. The first kappa shape index (κ1) is 21.4. The van der Waals surface area contributed by atoms with E-state index >= 15 is 0 Å². The third kappa shape index (κ3) is 5.80. The Morgan fingerprint density at radius 3 is 2.18 bits per heavy atom. The van der Waals surface area contributed by atoms with Crippen molar-refractivity contribution in [3.8, 4) is 0 Å². The number of nitro groups is 2. The van der Waals surface area contributed by atoms with Gasteiger partial charge in [-0.15, -0.1) is 23.2 Å². The van der Waals surface area contributed by atoms with Gasteiger partial charge < -0.3 is 4.90 Å². The van der Waals surface area contributed by atoms with Crippen molar-refractivity contribution < 1.29 is 9.85 Å². The van der Waals surface area contributed by atoms with Gasteiger partial charge in [0.25, 0.3) is 5.69 Å². The quantitative estimate of drug-likeness (QED) is 0.263. The number of halogens is 2. The highest BCUT2D eigenvalue weighted by Crippen LogP contribution is 2.28. The van der Waals surface area contributed by atoms with Gasteiger partial charge in [-0.3, -0.25) is 25.7 Å². The molecule has 2 rings (SSSR count). The highest BCUT2D eigenvalue weighted by molar-refractivity contribution is 6.18. The molecule has 0 heterocycles. The monoisotopic (exact) mass is 425 g/mol. The summed E-state index contributed by atoms with van der Waals surface area (Å²) in [6, 6.07) is 10.8. The second-order valence-corrected chi connectivity index (χ2v) is 6.30. The SMILES string of the molecule is O=[N+]([O-])c1ccc(N/N=C/c2ccc(N(CCCl)CCCl)cc2)c([N+](=O)[O-])c1. The van der Waals surface area contributed by atoms with Gasteiger partial charge in [-0.05, 0) is 23.8 Å². The van der Waals surface area contributed by atoms with Crippen LogP contribution in [0.5, 0.6) is 0 Å². The number of hydrogen-bond donors (Lipinski definition) is 1. The summed E-state index contributed by atoms with van der Waals surface area (Å²) < 4.78 is 0. The molecule has 0 unspecified atom stereocenters. The second kappa shape index (κ2) is 10.4. The molecule has 28 heavy (non-hydrogen) atoms. The maximum Gasteiger partial charge on any atom is 0.301 e. The van der Waals surface area contributed by atoms with Crippen molar-refractivity contribution in [3.63, 3.8) is 0 Å². The fourth-order valence-electron chi connectivity index (χ4n) is 2.40. The van der Waals surface area contributed by atoms with Gasteiger partial charge in [0.05, 0.1) is 22.1 Å². The molecular weight excluding hydrogens is 409 g/mol. The molecule has 148 valence electrons. The Labute approximate surface area is 170 Å². The lowest BCUT2D eigenvalue weighted by atomic mass is 10.2. The molecule has 0 saturated carbocycles. The lowest BCUT2D eigenvalue weighted by Crippen LogP contribution is -2.27. The number of hydrogen-bond acceptors (Lipinski definition) is 7. The van der Waals surface area contributed by atoms with Crippen LogP contribution in [0.3, 0.4) is 0 Å². The lowest BCUT2D eigenvalue weighted by molar-refractivity contribution is -0.393. The largest absolute Gasteiger partial charge is 0.369 e. The zero-order valence-corrected chi connectivity index (χ0v) is 16.1. The van der Waals surface area contributed by atoms with Gasteiger partial charge in [-0.25, -0.2) is 0 Å². The Hall–Kier alpha value is -2.91. The van der Waals surface area contributed by atoms with Gasteiger partial charge >= 0.3 is 5.69 Å². The number of alkyl halides is 2. The molecule has 1 N–H and O–H groups in total. The van der Waals surface area contributed by atoms with E-state index in [0.29, 0.717) is 24.8 Å². The highest BCUT2D eigenvalue weighted by Gasteiger charge is 2.19. The molecule has 2 aromatic rings. The van der Waals surface area contributed by atoms with Crippen LogP contribution >= 0.6 is 23.2 Å². The minimum atomic E-state index is -0.706. The van der Waals surface area contributed by atoms with Gasteiger partial charge in [0.2, 0.25) is 0 Å². The molecule has 0 aliphatic rings. The zero-order chi connectivity index (χ0) is 20.5. The summed E-state index contributed by atoms with van der Waals surface area (Å²) in [5, 5.41) is 25.8. The fraction of sp³-hybridized carbons (Fsp3) is 0.235. The number of nitrogens with one attached hydrogen (secondary N) is 1. The Balaban J connectivity index is 2.10. The van der Waals surface area contributed by atoms with Crippen LogP contribution in [0.25, 0.3) is 0 Å². The molecule has 0 fully saturated rings. The Bertz CT molecular complexity index is 855. The van der Waals surface area contributed by atoms with E-state index < -0.39 is 15.5 Å². The molecule has 0 saturated heterocycles. The van der Waals surface area contributed by atoms with E-state index in [9.17, 15) is 20.2 Å². The summed E-state index contributed by atoms with van der Waals surface area (Å²) >= 11 is 11.6. The molecule has 0 aliphatic heterocycles. The number of benzene rings is 2. The number of nitrogens with zero attached hydrogens (tertiary/aromatic N) is 4. The third-order valence-electron chi connectivity index (χ3n) is 3.75. The molecule has 0 amide bonds. The highest BCUT2D eigenvalue weighted by atomic mass is 35.5. The van der Waals surface area contributed by atoms with Gasteiger partial charge in [0, 0.05) is 36.6 Å². The van der Waals surface area contributed by atoms with Crippen LogP contribution in [0, 0.1) is 20.2 Å². The summed E-state index contributed by atoms with van der Waals surface area (Å²) in [4.78, 5) is 22.5. The van der Waals surface area contributed by atoms with Gasteiger partial charge in [-0.2, -0.15) is 5.10 Å². The van der Waals surface area contributed by atoms with Crippen molar-refractivity contribution in [2.75, 3.05) is 35.2 Å².